The molecule has 0 saturated heterocycles. The van der Waals surface area contributed by atoms with Gasteiger partial charge in [-0.3, -0.25) is 14.4 Å². The van der Waals surface area contributed by atoms with Crippen LogP contribution < -0.4 is 0 Å². The Bertz CT molecular complexity index is 1840. The van der Waals surface area contributed by atoms with Crippen molar-refractivity contribution in [3.63, 3.8) is 0 Å². The van der Waals surface area contributed by atoms with Crippen molar-refractivity contribution in [2.75, 3.05) is 13.2 Å². The van der Waals surface area contributed by atoms with Gasteiger partial charge in [-0.1, -0.05) is 281 Å². The predicted molar refractivity (Wildman–Crippen MR) is 362 cm³/mol. The third-order valence-corrected chi connectivity index (χ3v) is 14.0. The van der Waals surface area contributed by atoms with Gasteiger partial charge in [0.15, 0.2) is 6.10 Å². The molecule has 0 aliphatic rings. The van der Waals surface area contributed by atoms with E-state index in [1.165, 1.54) is 109 Å². The van der Waals surface area contributed by atoms with E-state index in [1.807, 2.05) is 0 Å². The molecule has 0 amide bonds. The van der Waals surface area contributed by atoms with E-state index in [4.69, 9.17) is 14.2 Å². The molecule has 0 rings (SSSR count). The third-order valence-electron chi connectivity index (χ3n) is 14.0. The first-order chi connectivity index (χ1) is 41.0. The van der Waals surface area contributed by atoms with Crippen LogP contribution in [0.3, 0.4) is 0 Å². The summed E-state index contributed by atoms with van der Waals surface area (Å²) in [5.74, 6) is -0.987. The second-order valence-electron chi connectivity index (χ2n) is 22.0. The van der Waals surface area contributed by atoms with E-state index < -0.39 is 6.10 Å². The van der Waals surface area contributed by atoms with E-state index in [-0.39, 0.29) is 37.5 Å². The summed E-state index contributed by atoms with van der Waals surface area (Å²) < 4.78 is 16.9. The molecule has 1 unspecified atom stereocenters. The van der Waals surface area contributed by atoms with Crippen LogP contribution in [0.2, 0.25) is 0 Å². The molecular formula is C77H124O6. The average Bonchev–Trinajstić information content (AvgIpc) is 3.49. The number of carbonyl (C=O) groups is 3. The van der Waals surface area contributed by atoms with Gasteiger partial charge in [-0.05, 0) is 148 Å². The van der Waals surface area contributed by atoms with Crippen LogP contribution in [0.25, 0.3) is 0 Å². The van der Waals surface area contributed by atoms with Crippen molar-refractivity contribution in [1.82, 2.24) is 0 Å². The van der Waals surface area contributed by atoms with Crippen LogP contribution in [0.4, 0.5) is 0 Å². The quantitative estimate of drug-likeness (QED) is 0.0261. The van der Waals surface area contributed by atoms with Gasteiger partial charge in [-0.15, -0.1) is 0 Å². The van der Waals surface area contributed by atoms with E-state index >= 15 is 0 Å². The third kappa shape index (κ3) is 67.7. The Hall–Kier alpha value is -4.97. The highest BCUT2D eigenvalue weighted by Crippen LogP contribution is 2.14. The number of ether oxygens (including phenoxy) is 3. The van der Waals surface area contributed by atoms with E-state index in [0.29, 0.717) is 19.3 Å². The maximum Gasteiger partial charge on any atom is 0.306 e. The lowest BCUT2D eigenvalue weighted by Crippen LogP contribution is -2.30. The predicted octanol–water partition coefficient (Wildman–Crippen LogP) is 23.7. The fourth-order valence-electron chi connectivity index (χ4n) is 8.92. The fraction of sp³-hybridized carbons (Fsp3) is 0.623. The minimum absolute atomic E-state index is 0.109. The zero-order valence-electron chi connectivity index (χ0n) is 53.7. The Morgan fingerprint density at radius 1 is 0.253 bits per heavy atom. The summed E-state index contributed by atoms with van der Waals surface area (Å²) in [6.45, 7) is 6.44. The summed E-state index contributed by atoms with van der Waals surface area (Å²) in [5, 5.41) is 0. The largest absolute Gasteiger partial charge is 0.462 e. The number of allylic oxidation sites excluding steroid dienone is 26. The first-order valence-corrected chi connectivity index (χ1v) is 34.0. The molecule has 0 aromatic rings. The first kappa shape index (κ1) is 78.0. The van der Waals surface area contributed by atoms with Gasteiger partial charge in [0.25, 0.3) is 0 Å². The number of hydrogen-bond donors (Lipinski definition) is 0. The highest BCUT2D eigenvalue weighted by Gasteiger charge is 2.19. The second kappa shape index (κ2) is 69.5. The van der Waals surface area contributed by atoms with Crippen LogP contribution >= 0.6 is 0 Å². The number of carbonyl (C=O) groups excluding carboxylic acids is 3. The molecule has 6 nitrogen and oxygen atoms in total. The van der Waals surface area contributed by atoms with Gasteiger partial charge in [0.2, 0.25) is 0 Å². The van der Waals surface area contributed by atoms with Gasteiger partial charge in [0.1, 0.15) is 13.2 Å². The molecule has 1 atom stereocenters. The minimum atomic E-state index is -0.818. The Labute approximate surface area is 511 Å². The smallest absolute Gasteiger partial charge is 0.306 e. The van der Waals surface area contributed by atoms with Gasteiger partial charge < -0.3 is 14.2 Å². The lowest BCUT2D eigenvalue weighted by molar-refractivity contribution is -0.167. The van der Waals surface area contributed by atoms with Crippen molar-refractivity contribution in [3.05, 3.63) is 158 Å². The number of unbranched alkanes of at least 4 members (excludes halogenated alkanes) is 23. The number of rotatable bonds is 60. The monoisotopic (exact) mass is 1140 g/mol. The van der Waals surface area contributed by atoms with Gasteiger partial charge >= 0.3 is 17.9 Å². The van der Waals surface area contributed by atoms with Crippen LogP contribution in [-0.4, -0.2) is 37.2 Å². The molecule has 0 heterocycles. The second-order valence-corrected chi connectivity index (χ2v) is 22.0. The molecule has 0 N–H and O–H groups in total. The molecule has 0 bridgehead atoms. The molecule has 0 aromatic heterocycles. The Kier molecular flexibility index (Phi) is 65.4. The molecule has 0 saturated carbocycles. The van der Waals surface area contributed by atoms with E-state index in [0.717, 1.165) is 135 Å². The average molecular weight is 1150 g/mol. The van der Waals surface area contributed by atoms with Gasteiger partial charge in [-0.2, -0.15) is 0 Å². The standard InChI is InChI=1S/C77H124O6/c1-4-7-10-13-16-19-22-25-27-29-31-33-35-36-37-38-39-40-42-43-45-47-49-52-55-58-61-64-67-70-76(79)82-73-74(72-81-75(78)69-66-63-60-57-54-51-24-21-18-15-12-9-6-3)83-77(80)71-68-65-62-59-56-53-50-48-46-44-41-34-32-30-28-26-23-20-17-14-11-8-5-2/h7,10,16,19,21,23-27,30-33,36-37,39-41,43-45,49,52,58,61,74H,4-6,8-9,11-15,17-18,20,22,28-29,34-35,38,42,46-48,50-51,53-57,59-60,62-73H2,1-3H3/b10-7-,19-16-,24-21-,26-23-,27-25-,32-30-,33-31-,37-36-,40-39-,44-41-,45-43-,52-49-,61-58-. The van der Waals surface area contributed by atoms with Crippen molar-refractivity contribution < 1.29 is 28.6 Å². The summed E-state index contributed by atoms with van der Waals surface area (Å²) in [4.78, 5) is 38.4. The molecule has 83 heavy (non-hydrogen) atoms. The highest BCUT2D eigenvalue weighted by atomic mass is 16.6. The summed E-state index contributed by atoms with van der Waals surface area (Å²) in [7, 11) is 0. The van der Waals surface area contributed by atoms with Gasteiger partial charge in [0, 0.05) is 19.3 Å². The SMILES string of the molecule is CC/C=C\C/C=C\C/C=C\C/C=C\C/C=C\C/C=C\C/C=C\C/C=C\C/C=C\CCCC(=O)OCC(COC(=O)CCCCCCC/C=C\CCCCCC)OC(=O)CCCCCCCCCC/C=C\C/C=C\C/C=C\CCCCCCC. The Morgan fingerprint density at radius 3 is 0.807 bits per heavy atom. The van der Waals surface area contributed by atoms with Gasteiger partial charge in [0.05, 0.1) is 0 Å². The van der Waals surface area contributed by atoms with Crippen molar-refractivity contribution in [2.45, 2.75) is 297 Å². The van der Waals surface area contributed by atoms with Crippen molar-refractivity contribution in [2.24, 2.45) is 0 Å². The van der Waals surface area contributed by atoms with Crippen LogP contribution in [0.1, 0.15) is 290 Å². The van der Waals surface area contributed by atoms with Crippen LogP contribution in [0.15, 0.2) is 158 Å². The summed E-state index contributed by atoms with van der Waals surface area (Å²) in [6.07, 6.45) is 101. The number of esters is 3. The zero-order chi connectivity index (χ0) is 59.9. The molecule has 0 aliphatic carbocycles. The van der Waals surface area contributed by atoms with Crippen LogP contribution in [0.5, 0.6) is 0 Å². The van der Waals surface area contributed by atoms with E-state index in [1.54, 1.807) is 0 Å². The van der Waals surface area contributed by atoms with E-state index in [9.17, 15) is 14.4 Å². The maximum absolute atomic E-state index is 12.9. The molecular weight excluding hydrogens is 1020 g/mol. The summed E-state index contributed by atoms with van der Waals surface area (Å²) >= 11 is 0. The molecule has 0 aliphatic heterocycles. The van der Waals surface area contributed by atoms with Crippen LogP contribution in [-0.2, 0) is 28.6 Å². The summed E-state index contributed by atoms with van der Waals surface area (Å²) in [5.41, 5.74) is 0. The maximum atomic E-state index is 12.9. The molecule has 0 spiro atoms. The Balaban J connectivity index is 4.47. The first-order valence-electron chi connectivity index (χ1n) is 34.0. The molecule has 0 radical (unpaired) electrons. The molecule has 6 heteroatoms. The lowest BCUT2D eigenvalue weighted by Gasteiger charge is -2.18. The zero-order valence-corrected chi connectivity index (χ0v) is 53.7. The highest BCUT2D eigenvalue weighted by molar-refractivity contribution is 5.71. The minimum Gasteiger partial charge on any atom is -0.462 e. The topological polar surface area (TPSA) is 78.9 Å². The molecule has 468 valence electrons. The number of hydrogen-bond acceptors (Lipinski definition) is 6. The summed E-state index contributed by atoms with van der Waals surface area (Å²) in [6, 6.07) is 0. The van der Waals surface area contributed by atoms with E-state index in [2.05, 4.69) is 179 Å². The van der Waals surface area contributed by atoms with Crippen LogP contribution in [0, 0.1) is 0 Å². The lowest BCUT2D eigenvalue weighted by atomic mass is 10.1. The fourth-order valence-corrected chi connectivity index (χ4v) is 8.92. The molecule has 0 fully saturated rings. The van der Waals surface area contributed by atoms with Crippen molar-refractivity contribution in [3.8, 4) is 0 Å². The van der Waals surface area contributed by atoms with Crippen molar-refractivity contribution in [1.29, 1.82) is 0 Å². The Morgan fingerprint density at radius 2 is 0.482 bits per heavy atom. The normalized spacial score (nSPS) is 13.1. The van der Waals surface area contributed by atoms with Crippen molar-refractivity contribution >= 4 is 17.9 Å². The van der Waals surface area contributed by atoms with Gasteiger partial charge in [-0.25, -0.2) is 0 Å². The molecule has 0 aromatic carbocycles.